The maximum Gasteiger partial charge on any atom is 0.228 e. The Morgan fingerprint density at radius 2 is 2.03 bits per heavy atom. The highest BCUT2D eigenvalue weighted by molar-refractivity contribution is 7.99. The third kappa shape index (κ3) is 5.64. The van der Waals surface area contributed by atoms with Gasteiger partial charge in [0.2, 0.25) is 5.95 Å². The largest absolute Gasteiger partial charge is 0.491 e. The predicted molar refractivity (Wildman–Crippen MR) is 122 cm³/mol. The number of hydrogen-bond donors (Lipinski definition) is 1. The van der Waals surface area contributed by atoms with E-state index >= 15 is 0 Å². The van der Waals surface area contributed by atoms with Crippen molar-refractivity contribution in [3.8, 4) is 11.8 Å². The van der Waals surface area contributed by atoms with E-state index in [1.165, 1.54) is 11.8 Å². The summed E-state index contributed by atoms with van der Waals surface area (Å²) in [5, 5.41) is 28.9. The van der Waals surface area contributed by atoms with Gasteiger partial charge in [-0.2, -0.15) is 5.26 Å². The van der Waals surface area contributed by atoms with Gasteiger partial charge in [0, 0.05) is 18.8 Å². The maximum atomic E-state index is 10.4. The fraction of sp³-hybridized carbons (Fsp3) is 0.435. The molecule has 0 saturated carbocycles. The number of aliphatic hydroxyl groups is 1. The third-order valence-corrected chi connectivity index (χ3v) is 6.60. The van der Waals surface area contributed by atoms with Crippen LogP contribution >= 0.6 is 11.8 Å². The second-order valence-electron chi connectivity index (χ2n) is 8.03. The van der Waals surface area contributed by atoms with Crippen LogP contribution in [-0.4, -0.2) is 51.4 Å². The van der Waals surface area contributed by atoms with Gasteiger partial charge in [-0.05, 0) is 55.2 Å². The van der Waals surface area contributed by atoms with Crippen LogP contribution < -0.4 is 9.64 Å². The van der Waals surface area contributed by atoms with Crippen LogP contribution in [0.1, 0.15) is 31.1 Å². The first kappa shape index (κ1) is 22.2. The van der Waals surface area contributed by atoms with Crippen molar-refractivity contribution in [2.24, 2.45) is 5.92 Å². The SMILES string of the molecule is CC1CCN(c2nnc(SCC(O)COc3ccc(C#N)cc3)n2Cc2ccco2)CC1. The molecule has 1 aliphatic rings. The van der Waals surface area contributed by atoms with Gasteiger partial charge in [0.15, 0.2) is 5.16 Å². The molecule has 1 N–H and O–H groups in total. The minimum Gasteiger partial charge on any atom is -0.491 e. The van der Waals surface area contributed by atoms with Gasteiger partial charge in [-0.25, -0.2) is 0 Å². The molecule has 1 unspecified atom stereocenters. The van der Waals surface area contributed by atoms with E-state index in [4.69, 9.17) is 14.4 Å². The molecule has 0 spiro atoms. The number of piperidine rings is 1. The monoisotopic (exact) mass is 453 g/mol. The molecule has 168 valence electrons. The molecule has 1 aromatic carbocycles. The lowest BCUT2D eigenvalue weighted by atomic mass is 10.00. The Hall–Kier alpha value is -2.96. The number of aliphatic hydroxyl groups excluding tert-OH is 1. The summed E-state index contributed by atoms with van der Waals surface area (Å²) < 4.78 is 13.3. The number of hydrogen-bond acceptors (Lipinski definition) is 8. The van der Waals surface area contributed by atoms with E-state index in [2.05, 4.69) is 32.7 Å². The number of anilines is 1. The maximum absolute atomic E-state index is 10.4. The summed E-state index contributed by atoms with van der Waals surface area (Å²) in [6.07, 6.45) is 3.27. The molecule has 3 heterocycles. The Balaban J connectivity index is 1.39. The van der Waals surface area contributed by atoms with Gasteiger partial charge in [-0.1, -0.05) is 18.7 Å². The second-order valence-corrected chi connectivity index (χ2v) is 9.02. The first-order valence-corrected chi connectivity index (χ1v) is 11.8. The number of furan rings is 1. The number of aromatic nitrogens is 3. The van der Waals surface area contributed by atoms with E-state index in [1.54, 1.807) is 30.5 Å². The Morgan fingerprint density at radius 3 is 2.72 bits per heavy atom. The molecule has 2 aromatic heterocycles. The van der Waals surface area contributed by atoms with Crippen molar-refractivity contribution in [1.82, 2.24) is 14.8 Å². The summed E-state index contributed by atoms with van der Waals surface area (Å²) in [6.45, 7) is 4.91. The van der Waals surface area contributed by atoms with E-state index < -0.39 is 6.10 Å². The molecule has 0 aliphatic carbocycles. The van der Waals surface area contributed by atoms with Gasteiger partial charge in [0.1, 0.15) is 18.1 Å². The van der Waals surface area contributed by atoms with Crippen molar-refractivity contribution in [2.75, 3.05) is 30.3 Å². The summed E-state index contributed by atoms with van der Waals surface area (Å²) in [6, 6.07) is 12.7. The zero-order valence-corrected chi connectivity index (χ0v) is 18.9. The number of benzene rings is 1. The zero-order valence-electron chi connectivity index (χ0n) is 18.1. The van der Waals surface area contributed by atoms with Crippen LogP contribution in [0.15, 0.2) is 52.2 Å². The highest BCUT2D eigenvalue weighted by Crippen LogP contribution is 2.27. The minimum atomic E-state index is -0.677. The Kier molecular flexibility index (Phi) is 7.35. The minimum absolute atomic E-state index is 0.155. The molecule has 0 bridgehead atoms. The number of nitrogens with zero attached hydrogens (tertiary/aromatic N) is 5. The molecule has 4 rings (SSSR count). The van der Waals surface area contributed by atoms with E-state index in [-0.39, 0.29) is 6.61 Å². The first-order valence-electron chi connectivity index (χ1n) is 10.8. The summed E-state index contributed by atoms with van der Waals surface area (Å²) >= 11 is 1.45. The van der Waals surface area contributed by atoms with Gasteiger partial charge < -0.3 is 19.2 Å². The highest BCUT2D eigenvalue weighted by atomic mass is 32.2. The lowest BCUT2D eigenvalue weighted by molar-refractivity contribution is 0.126. The molecule has 1 saturated heterocycles. The van der Waals surface area contributed by atoms with Crippen LogP contribution in [0.25, 0.3) is 0 Å². The van der Waals surface area contributed by atoms with E-state index in [0.29, 0.717) is 23.6 Å². The molecule has 1 fully saturated rings. The molecule has 1 aliphatic heterocycles. The average molecular weight is 454 g/mol. The quantitative estimate of drug-likeness (QED) is 0.491. The van der Waals surface area contributed by atoms with Crippen LogP contribution in [0.2, 0.25) is 0 Å². The van der Waals surface area contributed by atoms with Crippen LogP contribution in [0.3, 0.4) is 0 Å². The van der Waals surface area contributed by atoms with Crippen LogP contribution in [0, 0.1) is 17.2 Å². The molecule has 8 nitrogen and oxygen atoms in total. The molecular weight excluding hydrogens is 426 g/mol. The molecular formula is C23H27N5O3S. The van der Waals surface area contributed by atoms with Crippen LogP contribution in [0.5, 0.6) is 5.75 Å². The van der Waals surface area contributed by atoms with Gasteiger partial charge in [-0.3, -0.25) is 4.57 Å². The third-order valence-electron chi connectivity index (χ3n) is 5.49. The van der Waals surface area contributed by atoms with E-state index in [1.807, 2.05) is 12.1 Å². The number of rotatable bonds is 9. The first-order chi connectivity index (χ1) is 15.6. The highest BCUT2D eigenvalue weighted by Gasteiger charge is 2.23. The van der Waals surface area contributed by atoms with Gasteiger partial charge in [0.25, 0.3) is 0 Å². The van der Waals surface area contributed by atoms with Crippen molar-refractivity contribution in [3.63, 3.8) is 0 Å². The van der Waals surface area contributed by atoms with E-state index in [9.17, 15) is 5.11 Å². The number of ether oxygens (including phenoxy) is 1. The lowest BCUT2D eigenvalue weighted by Crippen LogP contribution is -2.35. The predicted octanol–water partition coefficient (Wildman–Crippen LogP) is 3.56. The molecule has 1 atom stereocenters. The lowest BCUT2D eigenvalue weighted by Gasteiger charge is -2.31. The van der Waals surface area contributed by atoms with Crippen molar-refractivity contribution in [2.45, 2.75) is 37.6 Å². The molecule has 0 radical (unpaired) electrons. The van der Waals surface area contributed by atoms with Crippen molar-refractivity contribution >= 4 is 17.7 Å². The number of nitriles is 1. The molecule has 3 aromatic rings. The van der Waals surface area contributed by atoms with Gasteiger partial charge in [-0.15, -0.1) is 10.2 Å². The second kappa shape index (κ2) is 10.6. The Labute approximate surface area is 191 Å². The fourth-order valence-electron chi connectivity index (χ4n) is 3.56. The number of thioether (sulfide) groups is 1. The standard InChI is InChI=1S/C23H27N5O3S/c1-17-8-10-27(11-9-17)22-25-26-23(28(22)14-21-3-2-12-30-21)32-16-19(29)15-31-20-6-4-18(13-24)5-7-20/h2-7,12,17,19,29H,8-11,14-16H2,1H3. The Morgan fingerprint density at radius 1 is 1.25 bits per heavy atom. The zero-order chi connectivity index (χ0) is 22.3. The van der Waals surface area contributed by atoms with Gasteiger partial charge in [0.05, 0.1) is 30.5 Å². The van der Waals surface area contributed by atoms with Crippen molar-refractivity contribution < 1.29 is 14.3 Å². The Bertz CT molecular complexity index is 1020. The molecule has 32 heavy (non-hydrogen) atoms. The van der Waals surface area contributed by atoms with Crippen molar-refractivity contribution in [1.29, 1.82) is 5.26 Å². The summed E-state index contributed by atoms with van der Waals surface area (Å²) in [7, 11) is 0. The molecule has 9 heteroatoms. The topological polar surface area (TPSA) is 100 Å². The summed E-state index contributed by atoms with van der Waals surface area (Å²) in [5.41, 5.74) is 0.573. The van der Waals surface area contributed by atoms with Crippen LogP contribution in [-0.2, 0) is 6.54 Å². The molecule has 0 amide bonds. The van der Waals surface area contributed by atoms with Gasteiger partial charge >= 0.3 is 0 Å². The van der Waals surface area contributed by atoms with Crippen LogP contribution in [0.4, 0.5) is 5.95 Å². The normalized spacial score (nSPS) is 15.5. The average Bonchev–Trinajstić information content (AvgIpc) is 3.48. The summed E-state index contributed by atoms with van der Waals surface area (Å²) in [5.74, 6) is 3.45. The van der Waals surface area contributed by atoms with Crippen molar-refractivity contribution in [3.05, 3.63) is 54.0 Å². The smallest absolute Gasteiger partial charge is 0.228 e. The van der Waals surface area contributed by atoms with E-state index in [0.717, 1.165) is 48.7 Å². The fourth-order valence-corrected chi connectivity index (χ4v) is 4.40. The summed E-state index contributed by atoms with van der Waals surface area (Å²) in [4.78, 5) is 2.28.